The van der Waals surface area contributed by atoms with Crippen molar-refractivity contribution in [2.45, 2.75) is 12.8 Å². The minimum atomic E-state index is 0.0430. The van der Waals surface area contributed by atoms with Crippen LogP contribution in [0.25, 0.3) is 11.1 Å². The second-order valence-electron chi connectivity index (χ2n) is 5.97. The van der Waals surface area contributed by atoms with Crippen LogP contribution in [0.3, 0.4) is 0 Å². The quantitative estimate of drug-likeness (QED) is 0.673. The topological polar surface area (TPSA) is 29.1 Å². The van der Waals surface area contributed by atoms with E-state index < -0.39 is 0 Å². The van der Waals surface area contributed by atoms with Crippen molar-refractivity contribution in [3.8, 4) is 11.1 Å². The van der Waals surface area contributed by atoms with Gasteiger partial charge < -0.3 is 5.32 Å². The molecule has 1 amide bonds. The van der Waals surface area contributed by atoms with Crippen LogP contribution >= 0.6 is 11.6 Å². The molecule has 1 N–H and O–H groups in total. The van der Waals surface area contributed by atoms with Crippen LogP contribution in [0.15, 0.2) is 78.9 Å². The van der Waals surface area contributed by atoms with Crippen molar-refractivity contribution in [1.82, 2.24) is 5.32 Å². The number of carbonyl (C=O) groups excluding carboxylic acids is 1. The molecule has 2 nitrogen and oxygen atoms in total. The van der Waals surface area contributed by atoms with E-state index in [4.69, 9.17) is 11.6 Å². The molecule has 0 unspecified atom stereocenters. The molecule has 25 heavy (non-hydrogen) atoms. The van der Waals surface area contributed by atoms with E-state index in [-0.39, 0.29) is 5.91 Å². The van der Waals surface area contributed by atoms with Crippen molar-refractivity contribution < 1.29 is 4.79 Å². The first-order valence-electron chi connectivity index (χ1n) is 8.36. The maximum absolute atomic E-state index is 12.1. The van der Waals surface area contributed by atoms with Crippen molar-refractivity contribution in [2.75, 3.05) is 6.54 Å². The first kappa shape index (κ1) is 17.2. The first-order valence-corrected chi connectivity index (χ1v) is 8.74. The highest BCUT2D eigenvalue weighted by Crippen LogP contribution is 2.19. The summed E-state index contributed by atoms with van der Waals surface area (Å²) in [5, 5.41) is 3.70. The van der Waals surface area contributed by atoms with Gasteiger partial charge in [-0.25, -0.2) is 0 Å². The van der Waals surface area contributed by atoms with Gasteiger partial charge in [0.15, 0.2) is 0 Å². The van der Waals surface area contributed by atoms with Gasteiger partial charge in [0.1, 0.15) is 0 Å². The number of halogens is 1. The summed E-state index contributed by atoms with van der Waals surface area (Å²) in [5.74, 6) is 0.0430. The predicted molar refractivity (Wildman–Crippen MR) is 104 cm³/mol. The largest absolute Gasteiger partial charge is 0.355 e. The lowest BCUT2D eigenvalue weighted by Crippen LogP contribution is -2.27. The second-order valence-corrected chi connectivity index (χ2v) is 6.40. The van der Waals surface area contributed by atoms with Crippen molar-refractivity contribution in [2.24, 2.45) is 0 Å². The summed E-state index contributed by atoms with van der Waals surface area (Å²) in [6, 6.07) is 26.1. The van der Waals surface area contributed by atoms with Crippen molar-refractivity contribution >= 4 is 17.5 Å². The number of hydrogen-bond donors (Lipinski definition) is 1. The molecule has 3 aromatic rings. The van der Waals surface area contributed by atoms with Gasteiger partial charge in [-0.15, -0.1) is 0 Å². The Morgan fingerprint density at radius 1 is 0.760 bits per heavy atom. The average molecular weight is 350 g/mol. The Morgan fingerprint density at radius 2 is 1.36 bits per heavy atom. The molecule has 3 heteroatoms. The standard InChI is InChI=1S/C22H20ClNO/c23-21-12-8-17(9-13-21)14-15-24-22(25)16-18-6-10-20(11-7-18)19-4-2-1-3-5-19/h1-13H,14-16H2,(H,24,25). The highest BCUT2D eigenvalue weighted by Gasteiger charge is 2.04. The van der Waals surface area contributed by atoms with Gasteiger partial charge in [0.25, 0.3) is 0 Å². The van der Waals surface area contributed by atoms with E-state index >= 15 is 0 Å². The summed E-state index contributed by atoms with van der Waals surface area (Å²) >= 11 is 5.87. The predicted octanol–water partition coefficient (Wildman–Crippen LogP) is 4.91. The van der Waals surface area contributed by atoms with Crippen LogP contribution in [0.4, 0.5) is 0 Å². The van der Waals surface area contributed by atoms with Crippen LogP contribution in [0.1, 0.15) is 11.1 Å². The lowest BCUT2D eigenvalue weighted by atomic mass is 10.0. The van der Waals surface area contributed by atoms with E-state index in [1.165, 1.54) is 5.56 Å². The molecular formula is C22H20ClNO. The molecule has 3 rings (SSSR count). The molecule has 0 aliphatic rings. The Balaban J connectivity index is 1.48. The lowest BCUT2D eigenvalue weighted by Gasteiger charge is -2.07. The van der Waals surface area contributed by atoms with Crippen molar-refractivity contribution in [3.05, 3.63) is 95.0 Å². The molecule has 0 spiro atoms. The van der Waals surface area contributed by atoms with Crippen LogP contribution in [0.5, 0.6) is 0 Å². The van der Waals surface area contributed by atoms with Gasteiger partial charge in [-0.2, -0.15) is 0 Å². The molecule has 126 valence electrons. The van der Waals surface area contributed by atoms with E-state index in [0.29, 0.717) is 13.0 Å². The zero-order valence-electron chi connectivity index (χ0n) is 13.9. The molecule has 0 radical (unpaired) electrons. The van der Waals surface area contributed by atoms with Crippen LogP contribution < -0.4 is 5.32 Å². The molecule has 0 fully saturated rings. The molecule has 0 saturated carbocycles. The molecule has 0 aromatic heterocycles. The molecule has 0 saturated heterocycles. The summed E-state index contributed by atoms with van der Waals surface area (Å²) in [5.41, 5.74) is 4.52. The monoisotopic (exact) mass is 349 g/mol. The van der Waals surface area contributed by atoms with E-state index in [1.807, 2.05) is 54.6 Å². The van der Waals surface area contributed by atoms with Gasteiger partial charge in [0, 0.05) is 11.6 Å². The van der Waals surface area contributed by atoms with Gasteiger partial charge >= 0.3 is 0 Å². The third kappa shape index (κ3) is 5.20. The minimum Gasteiger partial charge on any atom is -0.355 e. The zero-order valence-corrected chi connectivity index (χ0v) is 14.7. The Bertz CT molecular complexity index is 811. The number of amides is 1. The molecule has 0 atom stereocenters. The van der Waals surface area contributed by atoms with E-state index in [2.05, 4.69) is 29.6 Å². The molecule has 0 heterocycles. The lowest BCUT2D eigenvalue weighted by molar-refractivity contribution is -0.120. The molecule has 3 aromatic carbocycles. The SMILES string of the molecule is O=C(Cc1ccc(-c2ccccc2)cc1)NCCc1ccc(Cl)cc1. The van der Waals surface area contributed by atoms with Crippen LogP contribution in [-0.4, -0.2) is 12.5 Å². The summed E-state index contributed by atoms with van der Waals surface area (Å²) in [6.45, 7) is 0.628. The number of nitrogens with one attached hydrogen (secondary N) is 1. The van der Waals surface area contributed by atoms with Crippen molar-refractivity contribution in [3.63, 3.8) is 0 Å². The Hall–Kier alpha value is -2.58. The van der Waals surface area contributed by atoms with Crippen LogP contribution in [-0.2, 0) is 17.6 Å². The number of rotatable bonds is 6. The first-order chi connectivity index (χ1) is 12.2. The normalized spacial score (nSPS) is 10.4. The maximum atomic E-state index is 12.1. The van der Waals surface area contributed by atoms with Crippen LogP contribution in [0.2, 0.25) is 5.02 Å². The third-order valence-corrected chi connectivity index (χ3v) is 4.33. The number of benzene rings is 3. The summed E-state index contributed by atoms with van der Waals surface area (Å²) in [7, 11) is 0. The fourth-order valence-electron chi connectivity index (χ4n) is 2.69. The van der Waals surface area contributed by atoms with E-state index in [9.17, 15) is 4.79 Å². The Kier molecular flexibility index (Phi) is 5.86. The Labute approximate surface area is 153 Å². The molecular weight excluding hydrogens is 330 g/mol. The molecule has 0 bridgehead atoms. The summed E-state index contributed by atoms with van der Waals surface area (Å²) in [4.78, 5) is 12.1. The second kappa shape index (κ2) is 8.50. The minimum absolute atomic E-state index is 0.0430. The summed E-state index contributed by atoms with van der Waals surface area (Å²) < 4.78 is 0. The van der Waals surface area contributed by atoms with Gasteiger partial charge in [-0.05, 0) is 40.8 Å². The summed E-state index contributed by atoms with van der Waals surface area (Å²) in [6.07, 6.45) is 1.20. The molecule has 0 aliphatic carbocycles. The van der Waals surface area contributed by atoms with Crippen LogP contribution in [0, 0.1) is 0 Å². The average Bonchev–Trinajstić information content (AvgIpc) is 2.65. The smallest absolute Gasteiger partial charge is 0.224 e. The van der Waals surface area contributed by atoms with Gasteiger partial charge in [0.05, 0.1) is 6.42 Å². The number of carbonyl (C=O) groups is 1. The highest BCUT2D eigenvalue weighted by molar-refractivity contribution is 6.30. The molecule has 0 aliphatic heterocycles. The fraction of sp³-hybridized carbons (Fsp3) is 0.136. The zero-order chi connectivity index (χ0) is 17.5. The number of hydrogen-bond acceptors (Lipinski definition) is 1. The maximum Gasteiger partial charge on any atom is 0.224 e. The van der Waals surface area contributed by atoms with Gasteiger partial charge in [-0.3, -0.25) is 4.79 Å². The van der Waals surface area contributed by atoms with Gasteiger partial charge in [0.2, 0.25) is 5.91 Å². The third-order valence-electron chi connectivity index (χ3n) is 4.07. The Morgan fingerprint density at radius 3 is 2.04 bits per heavy atom. The van der Waals surface area contributed by atoms with Crippen molar-refractivity contribution in [1.29, 1.82) is 0 Å². The van der Waals surface area contributed by atoms with E-state index in [1.54, 1.807) is 0 Å². The highest BCUT2D eigenvalue weighted by atomic mass is 35.5. The van der Waals surface area contributed by atoms with Gasteiger partial charge in [-0.1, -0.05) is 78.3 Å². The fourth-order valence-corrected chi connectivity index (χ4v) is 2.82. The van der Waals surface area contributed by atoms with E-state index in [0.717, 1.165) is 28.1 Å².